The summed E-state index contributed by atoms with van der Waals surface area (Å²) in [6.45, 7) is 13.8. The van der Waals surface area contributed by atoms with Crippen LogP contribution in [0.1, 0.15) is 60.8 Å². The van der Waals surface area contributed by atoms with Crippen molar-refractivity contribution in [3.05, 3.63) is 0 Å². The molecule has 1 aliphatic rings. The molecule has 0 bridgehead atoms. The number of nitrogens with one attached hydrogen (secondary N) is 2. The molecule has 2 N–H and O–H groups in total. The van der Waals surface area contributed by atoms with Crippen LogP contribution >= 0.6 is 0 Å². The highest BCUT2D eigenvalue weighted by molar-refractivity contribution is 5.86. The van der Waals surface area contributed by atoms with Gasteiger partial charge < -0.3 is 10.6 Å². The highest BCUT2D eigenvalue weighted by atomic mass is 16.2. The first kappa shape index (κ1) is 14.5. The quantitative estimate of drug-likeness (QED) is 0.795. The number of amides is 1. The van der Waals surface area contributed by atoms with E-state index in [1.807, 2.05) is 6.92 Å². The van der Waals surface area contributed by atoms with Gasteiger partial charge in [-0.25, -0.2) is 0 Å². The van der Waals surface area contributed by atoms with Crippen molar-refractivity contribution in [2.24, 2.45) is 5.41 Å². The van der Waals surface area contributed by atoms with Gasteiger partial charge in [0.25, 0.3) is 0 Å². The summed E-state index contributed by atoms with van der Waals surface area (Å²) >= 11 is 0. The van der Waals surface area contributed by atoms with Crippen molar-refractivity contribution in [2.75, 3.05) is 6.54 Å². The van der Waals surface area contributed by atoms with Crippen molar-refractivity contribution in [1.29, 1.82) is 0 Å². The molecule has 0 aliphatic carbocycles. The van der Waals surface area contributed by atoms with E-state index >= 15 is 0 Å². The Hall–Kier alpha value is -0.570. The van der Waals surface area contributed by atoms with Gasteiger partial charge in [-0.15, -0.1) is 0 Å². The molecular weight excluding hydrogens is 212 g/mol. The highest BCUT2D eigenvalue weighted by Crippen LogP contribution is 2.28. The molecule has 1 fully saturated rings. The molecule has 1 unspecified atom stereocenters. The first-order chi connectivity index (χ1) is 7.54. The fourth-order valence-corrected chi connectivity index (χ4v) is 2.90. The van der Waals surface area contributed by atoms with E-state index in [1.54, 1.807) is 0 Å². The van der Waals surface area contributed by atoms with Gasteiger partial charge in [0.15, 0.2) is 0 Å². The lowest BCUT2D eigenvalue weighted by molar-refractivity contribution is -0.128. The Morgan fingerprint density at radius 1 is 1.29 bits per heavy atom. The van der Waals surface area contributed by atoms with E-state index < -0.39 is 0 Å². The maximum Gasteiger partial charge on any atom is 0.240 e. The number of hydrogen-bond donors (Lipinski definition) is 2. The Morgan fingerprint density at radius 3 is 2.29 bits per heavy atom. The first-order valence-corrected chi connectivity index (χ1v) is 6.62. The molecule has 0 spiro atoms. The topological polar surface area (TPSA) is 41.1 Å². The SMILES string of the molecule is CC(C)(C)CC(C)(C)NC(=O)C1(C)CCCN1. The molecule has 1 amide bonds. The summed E-state index contributed by atoms with van der Waals surface area (Å²) in [6, 6.07) is 0. The molecule has 0 aromatic rings. The molecule has 0 aromatic carbocycles. The van der Waals surface area contributed by atoms with Crippen LogP contribution < -0.4 is 10.6 Å². The predicted octanol–water partition coefficient (Wildman–Crippen LogP) is 2.46. The van der Waals surface area contributed by atoms with Crippen molar-refractivity contribution in [2.45, 2.75) is 71.9 Å². The molecule has 100 valence electrons. The van der Waals surface area contributed by atoms with Gasteiger partial charge >= 0.3 is 0 Å². The zero-order chi connectivity index (χ0) is 13.3. The molecule has 3 heteroatoms. The second-order valence-corrected chi connectivity index (χ2v) is 7.44. The van der Waals surface area contributed by atoms with Crippen molar-refractivity contribution in [3.8, 4) is 0 Å². The third-order valence-electron chi connectivity index (χ3n) is 3.29. The smallest absolute Gasteiger partial charge is 0.240 e. The van der Waals surface area contributed by atoms with Gasteiger partial charge in [-0.3, -0.25) is 4.79 Å². The predicted molar refractivity (Wildman–Crippen MR) is 71.9 cm³/mol. The van der Waals surface area contributed by atoms with Gasteiger partial charge in [-0.05, 0) is 52.0 Å². The summed E-state index contributed by atoms with van der Waals surface area (Å²) in [6.07, 6.45) is 3.00. The lowest BCUT2D eigenvalue weighted by Crippen LogP contribution is -2.57. The van der Waals surface area contributed by atoms with E-state index in [1.165, 1.54) is 0 Å². The van der Waals surface area contributed by atoms with Crippen LogP contribution in [0.5, 0.6) is 0 Å². The molecule has 0 saturated carbocycles. The van der Waals surface area contributed by atoms with E-state index in [2.05, 4.69) is 45.3 Å². The molecule has 1 aliphatic heterocycles. The summed E-state index contributed by atoms with van der Waals surface area (Å²) in [4.78, 5) is 12.3. The lowest BCUT2D eigenvalue weighted by atomic mass is 9.81. The van der Waals surface area contributed by atoms with E-state index in [9.17, 15) is 4.79 Å². The zero-order valence-corrected chi connectivity index (χ0v) is 12.2. The summed E-state index contributed by atoms with van der Waals surface area (Å²) < 4.78 is 0. The summed E-state index contributed by atoms with van der Waals surface area (Å²) in [5, 5.41) is 6.50. The Kier molecular flexibility index (Phi) is 3.92. The molecule has 17 heavy (non-hydrogen) atoms. The van der Waals surface area contributed by atoms with Crippen LogP contribution in [0.15, 0.2) is 0 Å². The van der Waals surface area contributed by atoms with E-state index in [0.717, 1.165) is 25.8 Å². The van der Waals surface area contributed by atoms with Crippen molar-refractivity contribution < 1.29 is 4.79 Å². The Bertz CT molecular complexity index is 283. The summed E-state index contributed by atoms with van der Waals surface area (Å²) in [7, 11) is 0. The standard InChI is InChI=1S/C14H28N2O/c1-12(2,3)10-13(4,5)16-11(17)14(6)8-7-9-15-14/h15H,7-10H2,1-6H3,(H,16,17). The Morgan fingerprint density at radius 2 is 1.88 bits per heavy atom. The average molecular weight is 240 g/mol. The number of rotatable bonds is 3. The van der Waals surface area contributed by atoms with Crippen molar-refractivity contribution in [3.63, 3.8) is 0 Å². The Balaban J connectivity index is 2.61. The van der Waals surface area contributed by atoms with Gasteiger partial charge in [0.05, 0.1) is 5.54 Å². The monoisotopic (exact) mass is 240 g/mol. The summed E-state index contributed by atoms with van der Waals surface area (Å²) in [5.74, 6) is 0.143. The Labute approximate surface area is 106 Å². The van der Waals surface area contributed by atoms with Gasteiger partial charge in [0.1, 0.15) is 0 Å². The molecule has 1 saturated heterocycles. The maximum absolute atomic E-state index is 12.3. The highest BCUT2D eigenvalue weighted by Gasteiger charge is 2.38. The van der Waals surface area contributed by atoms with Crippen LogP contribution in [0.25, 0.3) is 0 Å². The fraction of sp³-hybridized carbons (Fsp3) is 0.929. The van der Waals surface area contributed by atoms with Gasteiger partial charge in [0, 0.05) is 5.54 Å². The number of hydrogen-bond acceptors (Lipinski definition) is 2. The second kappa shape index (κ2) is 4.60. The molecule has 0 radical (unpaired) electrons. The summed E-state index contributed by atoms with van der Waals surface area (Å²) in [5.41, 5.74) is -0.293. The minimum absolute atomic E-state index is 0.143. The maximum atomic E-state index is 12.3. The van der Waals surface area contributed by atoms with Crippen LogP contribution in [0.2, 0.25) is 0 Å². The van der Waals surface area contributed by atoms with Crippen LogP contribution in [0.3, 0.4) is 0 Å². The molecule has 0 aromatic heterocycles. The number of carbonyl (C=O) groups is 1. The fourth-order valence-electron chi connectivity index (χ4n) is 2.90. The van der Waals surface area contributed by atoms with Crippen LogP contribution in [0, 0.1) is 5.41 Å². The molecular formula is C14H28N2O. The molecule has 1 atom stereocenters. The van der Waals surface area contributed by atoms with E-state index in [4.69, 9.17) is 0 Å². The zero-order valence-electron chi connectivity index (χ0n) is 12.2. The van der Waals surface area contributed by atoms with Gasteiger partial charge in [-0.1, -0.05) is 20.8 Å². The molecule has 1 rings (SSSR count). The molecule has 1 heterocycles. The normalized spacial score (nSPS) is 26.0. The van der Waals surface area contributed by atoms with Crippen LogP contribution in [-0.2, 0) is 4.79 Å². The first-order valence-electron chi connectivity index (χ1n) is 6.62. The van der Waals surface area contributed by atoms with Crippen LogP contribution in [-0.4, -0.2) is 23.5 Å². The lowest BCUT2D eigenvalue weighted by Gasteiger charge is -2.36. The second-order valence-electron chi connectivity index (χ2n) is 7.44. The van der Waals surface area contributed by atoms with Gasteiger partial charge in [0.2, 0.25) is 5.91 Å². The largest absolute Gasteiger partial charge is 0.350 e. The molecule has 3 nitrogen and oxygen atoms in total. The minimum atomic E-state index is -0.366. The third kappa shape index (κ3) is 4.30. The number of carbonyl (C=O) groups excluding carboxylic acids is 1. The van der Waals surface area contributed by atoms with E-state index in [0.29, 0.717) is 0 Å². The van der Waals surface area contributed by atoms with E-state index in [-0.39, 0.29) is 22.4 Å². The minimum Gasteiger partial charge on any atom is -0.350 e. The van der Waals surface area contributed by atoms with Crippen molar-refractivity contribution in [1.82, 2.24) is 10.6 Å². The van der Waals surface area contributed by atoms with Crippen molar-refractivity contribution >= 4 is 5.91 Å². The van der Waals surface area contributed by atoms with Gasteiger partial charge in [-0.2, -0.15) is 0 Å². The third-order valence-corrected chi connectivity index (χ3v) is 3.29. The average Bonchev–Trinajstić information content (AvgIpc) is 2.47. The van der Waals surface area contributed by atoms with Crippen LogP contribution in [0.4, 0.5) is 0 Å².